The topological polar surface area (TPSA) is 84.9 Å². The maximum Gasteiger partial charge on any atom is 0.330 e. The number of hydrogen-bond acceptors (Lipinski definition) is 5. The highest BCUT2D eigenvalue weighted by Crippen LogP contribution is 2.17. The molecule has 0 unspecified atom stereocenters. The van der Waals surface area contributed by atoms with Gasteiger partial charge in [-0.05, 0) is 42.0 Å². The molecule has 0 radical (unpaired) electrons. The summed E-state index contributed by atoms with van der Waals surface area (Å²) in [6, 6.07) is 12.6. The van der Waals surface area contributed by atoms with E-state index in [1.807, 2.05) is 0 Å². The van der Waals surface area contributed by atoms with Crippen LogP contribution in [0.2, 0.25) is 5.02 Å². The fourth-order valence-corrected chi connectivity index (χ4v) is 2.14. The molecule has 2 aromatic rings. The summed E-state index contributed by atoms with van der Waals surface area (Å²) in [6.45, 7) is -0.198. The van der Waals surface area contributed by atoms with Crippen molar-refractivity contribution in [2.45, 2.75) is 12.6 Å². The Kier molecular flexibility index (Phi) is 6.80. The molecule has 0 aliphatic rings. The van der Waals surface area contributed by atoms with Gasteiger partial charge in [-0.1, -0.05) is 23.7 Å². The van der Waals surface area contributed by atoms with Gasteiger partial charge in [0.2, 0.25) is 0 Å². The molecule has 0 aromatic heterocycles. The number of methoxy groups -OCH3 is 1. The van der Waals surface area contributed by atoms with Gasteiger partial charge in [0.15, 0.2) is 6.04 Å². The molecule has 6 nitrogen and oxygen atoms in total. The van der Waals surface area contributed by atoms with Crippen LogP contribution in [0.25, 0.3) is 0 Å². The number of carbonyl (C=O) groups is 2. The van der Waals surface area contributed by atoms with E-state index >= 15 is 0 Å². The number of benzene rings is 2. The van der Waals surface area contributed by atoms with Gasteiger partial charge in [0.25, 0.3) is 5.91 Å². The standard InChI is InChI=1S/C18H18ClNO5/c1-24-18(23)16(10-21)20-17(22)13-4-2-12(3-5-13)11-25-15-8-6-14(19)7-9-15/h2-9,16,21H,10-11H2,1H3,(H,20,22)/t16-/m1/s1. The summed E-state index contributed by atoms with van der Waals surface area (Å²) >= 11 is 5.81. The molecule has 0 heterocycles. The average Bonchev–Trinajstić information content (AvgIpc) is 2.65. The Morgan fingerprint density at radius 1 is 1.12 bits per heavy atom. The van der Waals surface area contributed by atoms with Gasteiger partial charge in [-0.2, -0.15) is 0 Å². The van der Waals surface area contributed by atoms with E-state index < -0.39 is 24.5 Å². The second kappa shape index (κ2) is 9.05. The Bertz CT molecular complexity index is 715. The van der Waals surface area contributed by atoms with E-state index in [4.69, 9.17) is 21.4 Å². The third-order valence-electron chi connectivity index (χ3n) is 3.41. The third kappa shape index (κ3) is 5.48. The van der Waals surface area contributed by atoms with E-state index in [1.165, 1.54) is 7.11 Å². The lowest BCUT2D eigenvalue weighted by atomic mass is 10.1. The largest absolute Gasteiger partial charge is 0.489 e. The highest BCUT2D eigenvalue weighted by molar-refractivity contribution is 6.30. The van der Waals surface area contributed by atoms with E-state index in [2.05, 4.69) is 10.1 Å². The molecule has 0 saturated carbocycles. The van der Waals surface area contributed by atoms with Crippen LogP contribution in [0.5, 0.6) is 5.75 Å². The number of nitrogens with one attached hydrogen (secondary N) is 1. The van der Waals surface area contributed by atoms with Crippen LogP contribution in [0, 0.1) is 0 Å². The average molecular weight is 364 g/mol. The lowest BCUT2D eigenvalue weighted by molar-refractivity contribution is -0.143. The predicted octanol–water partition coefficient (Wildman–Crippen LogP) is 2.18. The van der Waals surface area contributed by atoms with Crippen molar-refractivity contribution in [3.8, 4) is 5.75 Å². The first kappa shape index (κ1) is 18.8. The molecule has 0 bridgehead atoms. The Labute approximate surface area is 150 Å². The van der Waals surface area contributed by atoms with Crippen molar-refractivity contribution >= 4 is 23.5 Å². The number of amides is 1. The van der Waals surface area contributed by atoms with Crippen molar-refractivity contribution in [3.05, 3.63) is 64.7 Å². The summed E-state index contributed by atoms with van der Waals surface area (Å²) in [5.41, 5.74) is 1.23. The summed E-state index contributed by atoms with van der Waals surface area (Å²) in [4.78, 5) is 23.5. The molecule has 0 saturated heterocycles. The SMILES string of the molecule is COC(=O)[C@@H](CO)NC(=O)c1ccc(COc2ccc(Cl)cc2)cc1. The minimum absolute atomic E-state index is 0.338. The fourth-order valence-electron chi connectivity index (χ4n) is 2.01. The number of halogens is 1. The van der Waals surface area contributed by atoms with Crippen molar-refractivity contribution in [1.82, 2.24) is 5.32 Å². The first-order chi connectivity index (χ1) is 12.0. The molecule has 1 amide bonds. The molecule has 25 heavy (non-hydrogen) atoms. The number of hydrogen-bond donors (Lipinski definition) is 2. The van der Waals surface area contributed by atoms with Crippen molar-refractivity contribution in [1.29, 1.82) is 0 Å². The second-order valence-electron chi connectivity index (χ2n) is 5.17. The van der Waals surface area contributed by atoms with E-state index in [0.29, 0.717) is 22.9 Å². The minimum atomic E-state index is -1.09. The molecule has 2 rings (SSSR count). The van der Waals surface area contributed by atoms with Crippen LogP contribution in [0.4, 0.5) is 0 Å². The monoisotopic (exact) mass is 363 g/mol. The summed E-state index contributed by atoms with van der Waals surface area (Å²) in [7, 11) is 1.19. The minimum Gasteiger partial charge on any atom is -0.489 e. The maximum absolute atomic E-state index is 12.1. The number of esters is 1. The zero-order valence-corrected chi connectivity index (χ0v) is 14.3. The van der Waals surface area contributed by atoms with Crippen LogP contribution in [0.15, 0.2) is 48.5 Å². The molecule has 7 heteroatoms. The molecule has 2 N–H and O–H groups in total. The molecule has 0 aliphatic heterocycles. The molecule has 0 spiro atoms. The Balaban J connectivity index is 1.93. The van der Waals surface area contributed by atoms with Crippen LogP contribution in [0.1, 0.15) is 15.9 Å². The summed E-state index contributed by atoms with van der Waals surface area (Å²) < 4.78 is 10.1. The summed E-state index contributed by atoms with van der Waals surface area (Å²) in [6.07, 6.45) is 0. The molecule has 1 atom stereocenters. The van der Waals surface area contributed by atoms with Crippen molar-refractivity contribution in [3.63, 3.8) is 0 Å². The second-order valence-corrected chi connectivity index (χ2v) is 5.61. The quantitative estimate of drug-likeness (QED) is 0.736. The number of rotatable bonds is 7. The smallest absolute Gasteiger partial charge is 0.330 e. The Morgan fingerprint density at radius 2 is 1.76 bits per heavy atom. The first-order valence-corrected chi connectivity index (χ1v) is 7.88. The zero-order chi connectivity index (χ0) is 18.2. The number of ether oxygens (including phenoxy) is 2. The van der Waals surface area contributed by atoms with Crippen molar-refractivity contribution in [2.24, 2.45) is 0 Å². The van der Waals surface area contributed by atoms with Gasteiger partial charge in [-0.15, -0.1) is 0 Å². The molecule has 0 aliphatic carbocycles. The van der Waals surface area contributed by atoms with Crippen LogP contribution < -0.4 is 10.1 Å². The predicted molar refractivity (Wildman–Crippen MR) is 92.6 cm³/mol. The van der Waals surface area contributed by atoms with Gasteiger partial charge in [0, 0.05) is 10.6 Å². The number of aliphatic hydroxyl groups is 1. The number of carbonyl (C=O) groups excluding carboxylic acids is 2. The van der Waals surface area contributed by atoms with Crippen LogP contribution in [-0.2, 0) is 16.1 Å². The van der Waals surface area contributed by atoms with Crippen molar-refractivity contribution < 1.29 is 24.2 Å². The summed E-state index contributed by atoms with van der Waals surface area (Å²) in [5.74, 6) is -0.492. The molecule has 2 aromatic carbocycles. The Hall–Kier alpha value is -2.57. The van der Waals surface area contributed by atoms with E-state index in [1.54, 1.807) is 48.5 Å². The fraction of sp³-hybridized carbons (Fsp3) is 0.222. The van der Waals surface area contributed by atoms with Crippen molar-refractivity contribution in [2.75, 3.05) is 13.7 Å². The van der Waals surface area contributed by atoms with Gasteiger partial charge in [0.05, 0.1) is 13.7 Å². The lowest BCUT2D eigenvalue weighted by Gasteiger charge is -2.14. The van der Waals surface area contributed by atoms with E-state index in [9.17, 15) is 9.59 Å². The molecule has 0 fully saturated rings. The van der Waals surface area contributed by atoms with Gasteiger partial charge in [-0.3, -0.25) is 4.79 Å². The summed E-state index contributed by atoms with van der Waals surface area (Å²) in [5, 5.41) is 12.2. The molecular formula is C18H18ClNO5. The van der Waals surface area contributed by atoms with E-state index in [0.717, 1.165) is 5.56 Å². The molecule has 132 valence electrons. The number of aliphatic hydroxyl groups excluding tert-OH is 1. The van der Waals surface area contributed by atoms with Crippen LogP contribution in [-0.4, -0.2) is 36.7 Å². The van der Waals surface area contributed by atoms with Gasteiger partial charge >= 0.3 is 5.97 Å². The van der Waals surface area contributed by atoms with Crippen LogP contribution >= 0.6 is 11.6 Å². The molecular weight excluding hydrogens is 346 g/mol. The van der Waals surface area contributed by atoms with Gasteiger partial charge in [-0.25, -0.2) is 4.79 Å². The normalized spacial score (nSPS) is 11.5. The lowest BCUT2D eigenvalue weighted by Crippen LogP contribution is -2.44. The maximum atomic E-state index is 12.1. The highest BCUT2D eigenvalue weighted by atomic mass is 35.5. The van der Waals surface area contributed by atoms with Gasteiger partial charge in [0.1, 0.15) is 12.4 Å². The zero-order valence-electron chi connectivity index (χ0n) is 13.6. The Morgan fingerprint density at radius 3 is 2.32 bits per heavy atom. The van der Waals surface area contributed by atoms with Crippen LogP contribution in [0.3, 0.4) is 0 Å². The highest BCUT2D eigenvalue weighted by Gasteiger charge is 2.21. The third-order valence-corrected chi connectivity index (χ3v) is 3.66. The first-order valence-electron chi connectivity index (χ1n) is 7.50. The van der Waals surface area contributed by atoms with Gasteiger partial charge < -0.3 is 19.9 Å². The van der Waals surface area contributed by atoms with E-state index in [-0.39, 0.29) is 0 Å².